The molecule has 0 saturated carbocycles. The number of nitrogens with one attached hydrogen (secondary N) is 1. The van der Waals surface area contributed by atoms with Crippen LogP contribution in [0.5, 0.6) is 0 Å². The molecule has 7 nitrogen and oxygen atoms in total. The largest absolute Gasteiger partial charge is 0.478 e. The number of hydrogen-bond acceptors (Lipinski definition) is 4. The molecule has 1 aliphatic rings. The number of carboxylic acids is 1. The summed E-state index contributed by atoms with van der Waals surface area (Å²) in [4.78, 5) is 41.2. The number of nitrogens with zero attached hydrogens (tertiary/aromatic N) is 2. The van der Waals surface area contributed by atoms with Gasteiger partial charge in [-0.25, -0.2) is 4.79 Å². The van der Waals surface area contributed by atoms with E-state index in [1.54, 1.807) is 18.0 Å². The monoisotopic (exact) mass is 487 g/mol. The fraction of sp³-hybridized carbons (Fsp3) is 0.607. The SMILES string of the molecule is C/C(=C\[C@H](C(C)C)N(C)C(=O)[C@@H](NC(=O)[C@@H]1CCCCN1C)C(C)(C)C)C(=O)O.c1ccccc1. The van der Waals surface area contributed by atoms with Crippen LogP contribution in [0.3, 0.4) is 0 Å². The van der Waals surface area contributed by atoms with Crippen LogP contribution in [-0.4, -0.2) is 71.5 Å². The summed E-state index contributed by atoms with van der Waals surface area (Å²) in [5, 5.41) is 12.2. The van der Waals surface area contributed by atoms with E-state index in [4.69, 9.17) is 0 Å². The van der Waals surface area contributed by atoms with Crippen molar-refractivity contribution in [2.24, 2.45) is 11.3 Å². The van der Waals surface area contributed by atoms with Crippen LogP contribution in [0.2, 0.25) is 0 Å². The molecule has 1 heterocycles. The third-order valence-electron chi connectivity index (χ3n) is 6.38. The number of hydrogen-bond donors (Lipinski definition) is 2. The molecule has 0 unspecified atom stereocenters. The number of rotatable bonds is 7. The first-order chi connectivity index (χ1) is 16.3. The number of aliphatic carboxylic acids is 1. The highest BCUT2D eigenvalue weighted by Crippen LogP contribution is 2.25. The van der Waals surface area contributed by atoms with Crippen LogP contribution in [-0.2, 0) is 14.4 Å². The van der Waals surface area contributed by atoms with Crippen LogP contribution in [0, 0.1) is 11.3 Å². The van der Waals surface area contributed by atoms with Gasteiger partial charge in [0.05, 0.1) is 12.1 Å². The van der Waals surface area contributed by atoms with Gasteiger partial charge in [-0.1, -0.05) is 83.5 Å². The Hall–Kier alpha value is -2.67. The third-order valence-corrected chi connectivity index (χ3v) is 6.38. The fourth-order valence-corrected chi connectivity index (χ4v) is 4.11. The smallest absolute Gasteiger partial charge is 0.331 e. The number of carbonyl (C=O) groups is 3. The maximum atomic E-state index is 13.4. The molecule has 35 heavy (non-hydrogen) atoms. The highest BCUT2D eigenvalue weighted by Gasteiger charge is 2.39. The first-order valence-corrected chi connectivity index (χ1v) is 12.5. The number of carboxylic acid groups (broad SMARTS) is 1. The van der Waals surface area contributed by atoms with Crippen molar-refractivity contribution >= 4 is 17.8 Å². The maximum absolute atomic E-state index is 13.4. The lowest BCUT2D eigenvalue weighted by molar-refractivity contribution is -0.141. The van der Waals surface area contributed by atoms with Crippen molar-refractivity contribution in [3.05, 3.63) is 48.0 Å². The Kier molecular flexibility index (Phi) is 12.2. The van der Waals surface area contributed by atoms with E-state index >= 15 is 0 Å². The first kappa shape index (κ1) is 30.4. The molecule has 0 spiro atoms. The predicted molar refractivity (Wildman–Crippen MR) is 141 cm³/mol. The predicted octanol–water partition coefficient (Wildman–Crippen LogP) is 4.20. The normalized spacial score (nSPS) is 18.7. The van der Waals surface area contributed by atoms with Crippen LogP contribution in [0.4, 0.5) is 0 Å². The number of benzene rings is 1. The number of likely N-dealkylation sites (N-methyl/N-ethyl adjacent to an activating group) is 2. The van der Waals surface area contributed by atoms with Gasteiger partial charge in [-0.3, -0.25) is 14.5 Å². The lowest BCUT2D eigenvalue weighted by atomic mass is 9.84. The van der Waals surface area contributed by atoms with E-state index in [1.807, 2.05) is 83.0 Å². The van der Waals surface area contributed by atoms with Gasteiger partial charge in [0.1, 0.15) is 6.04 Å². The Morgan fingerprint density at radius 2 is 1.57 bits per heavy atom. The molecule has 2 N–H and O–H groups in total. The summed E-state index contributed by atoms with van der Waals surface area (Å²) < 4.78 is 0. The van der Waals surface area contributed by atoms with Crippen molar-refractivity contribution < 1.29 is 19.5 Å². The van der Waals surface area contributed by atoms with E-state index in [1.165, 1.54) is 6.92 Å². The van der Waals surface area contributed by atoms with Gasteiger partial charge in [0.2, 0.25) is 11.8 Å². The Morgan fingerprint density at radius 3 is 1.97 bits per heavy atom. The summed E-state index contributed by atoms with van der Waals surface area (Å²) in [6, 6.07) is 10.7. The van der Waals surface area contributed by atoms with Crippen LogP contribution in [0.25, 0.3) is 0 Å². The van der Waals surface area contributed by atoms with Crippen LogP contribution < -0.4 is 5.32 Å². The molecule has 3 atom stereocenters. The van der Waals surface area contributed by atoms with Crippen molar-refractivity contribution in [1.29, 1.82) is 0 Å². The molecule has 0 aliphatic carbocycles. The fourth-order valence-electron chi connectivity index (χ4n) is 4.11. The molecular weight excluding hydrogens is 442 g/mol. The van der Waals surface area contributed by atoms with Crippen LogP contribution in [0.15, 0.2) is 48.0 Å². The molecule has 1 aromatic carbocycles. The van der Waals surface area contributed by atoms with Gasteiger partial charge >= 0.3 is 5.97 Å². The molecule has 0 radical (unpaired) electrons. The van der Waals surface area contributed by atoms with E-state index in [0.717, 1.165) is 25.8 Å². The van der Waals surface area contributed by atoms with E-state index in [9.17, 15) is 19.5 Å². The van der Waals surface area contributed by atoms with E-state index in [-0.39, 0.29) is 35.4 Å². The molecule has 2 amide bonds. The Balaban J connectivity index is 0.000000882. The second kappa shape index (κ2) is 14.0. The number of carbonyl (C=O) groups excluding carboxylic acids is 2. The van der Waals surface area contributed by atoms with Crippen LogP contribution >= 0.6 is 0 Å². The third kappa shape index (κ3) is 9.84. The molecule has 196 valence electrons. The Bertz CT molecular complexity index is 819. The van der Waals surface area contributed by atoms with Gasteiger partial charge in [-0.15, -0.1) is 0 Å². The maximum Gasteiger partial charge on any atom is 0.331 e. The van der Waals surface area contributed by atoms with Gasteiger partial charge in [0.15, 0.2) is 0 Å². The summed E-state index contributed by atoms with van der Waals surface area (Å²) in [7, 11) is 3.62. The molecule has 0 bridgehead atoms. The van der Waals surface area contributed by atoms with Crippen molar-refractivity contribution in [3.63, 3.8) is 0 Å². The summed E-state index contributed by atoms with van der Waals surface area (Å²) in [6.07, 6.45) is 4.49. The van der Waals surface area contributed by atoms with Crippen molar-refractivity contribution in [3.8, 4) is 0 Å². The van der Waals surface area contributed by atoms with E-state index < -0.39 is 17.4 Å². The molecular formula is C28H45N3O4. The number of piperidine rings is 1. The Labute approximate surface area is 211 Å². The Morgan fingerprint density at radius 1 is 1.06 bits per heavy atom. The highest BCUT2D eigenvalue weighted by molar-refractivity contribution is 5.91. The standard InChI is InChI=1S/C22H39N3O4.C6H6/c1-14(2)17(13-15(3)21(28)29)25(8)20(27)18(22(4,5)6)23-19(26)16-11-9-10-12-24(16)7;1-2-4-6-5-3-1/h13-14,16-18H,9-12H2,1-8H3,(H,23,26)(H,28,29);1-6H/b15-13+;/t16-,17+,18+;/m0./s1. The van der Waals surface area contributed by atoms with E-state index in [2.05, 4.69) is 5.32 Å². The number of amides is 2. The van der Waals surface area contributed by atoms with E-state index in [0.29, 0.717) is 0 Å². The molecule has 2 rings (SSSR count). The minimum Gasteiger partial charge on any atom is -0.478 e. The summed E-state index contributed by atoms with van der Waals surface area (Å²) in [6.45, 7) is 12.1. The van der Waals surface area contributed by atoms with Crippen LogP contribution in [0.1, 0.15) is 60.8 Å². The summed E-state index contributed by atoms with van der Waals surface area (Å²) in [5.41, 5.74) is -0.287. The van der Waals surface area contributed by atoms with Gasteiger partial charge in [-0.2, -0.15) is 0 Å². The number of likely N-dealkylation sites (tertiary alicyclic amines) is 1. The first-order valence-electron chi connectivity index (χ1n) is 12.5. The zero-order valence-electron chi connectivity index (χ0n) is 22.7. The quantitative estimate of drug-likeness (QED) is 0.563. The molecule has 1 saturated heterocycles. The summed E-state index contributed by atoms with van der Waals surface area (Å²) >= 11 is 0. The molecule has 1 aromatic rings. The zero-order chi connectivity index (χ0) is 26.8. The van der Waals surface area contributed by atoms with Crippen molar-refractivity contribution in [2.45, 2.75) is 78.9 Å². The topological polar surface area (TPSA) is 90.0 Å². The molecule has 1 aliphatic heterocycles. The second-order valence-corrected chi connectivity index (χ2v) is 10.8. The average Bonchev–Trinajstić information content (AvgIpc) is 2.80. The molecule has 1 fully saturated rings. The molecule has 7 heteroatoms. The van der Waals surface area contributed by atoms with Crippen molar-refractivity contribution in [1.82, 2.24) is 15.1 Å². The molecule has 0 aromatic heterocycles. The minimum absolute atomic E-state index is 0.0269. The minimum atomic E-state index is -1.00. The summed E-state index contributed by atoms with van der Waals surface area (Å²) in [5.74, 6) is -1.30. The average molecular weight is 488 g/mol. The lowest BCUT2D eigenvalue weighted by Gasteiger charge is -2.39. The highest BCUT2D eigenvalue weighted by atomic mass is 16.4. The zero-order valence-corrected chi connectivity index (χ0v) is 22.7. The van der Waals surface area contributed by atoms with Crippen molar-refractivity contribution in [2.75, 3.05) is 20.6 Å². The lowest BCUT2D eigenvalue weighted by Crippen LogP contribution is -2.59. The van der Waals surface area contributed by atoms with Gasteiger partial charge in [0.25, 0.3) is 0 Å². The van der Waals surface area contributed by atoms with Gasteiger partial charge in [0, 0.05) is 12.6 Å². The van der Waals surface area contributed by atoms with Gasteiger partial charge < -0.3 is 15.3 Å². The van der Waals surface area contributed by atoms with Gasteiger partial charge in [-0.05, 0) is 44.7 Å². The second-order valence-electron chi connectivity index (χ2n) is 10.8.